The van der Waals surface area contributed by atoms with Crippen molar-refractivity contribution in [2.45, 2.75) is 33.6 Å². The van der Waals surface area contributed by atoms with Gasteiger partial charge in [-0.3, -0.25) is 0 Å². The van der Waals surface area contributed by atoms with Crippen LogP contribution in [0.5, 0.6) is 0 Å². The fraction of sp³-hybridized carbons (Fsp3) is 1.00. The molecule has 3 saturated carbocycles. The van der Waals surface area contributed by atoms with Crippen LogP contribution in [0.25, 0.3) is 0 Å². The highest BCUT2D eigenvalue weighted by Gasteiger charge is 2.55. The third-order valence-electron chi connectivity index (χ3n) is 4.98. The van der Waals surface area contributed by atoms with Crippen LogP contribution in [0.15, 0.2) is 0 Å². The Morgan fingerprint density at radius 3 is 2.46 bits per heavy atom. The minimum absolute atomic E-state index is 0.656. The molecule has 0 amide bonds. The molecule has 0 aliphatic heterocycles. The molecule has 0 saturated heterocycles. The van der Waals surface area contributed by atoms with Crippen LogP contribution in [0.2, 0.25) is 0 Å². The van der Waals surface area contributed by atoms with Crippen LogP contribution in [0, 0.1) is 29.1 Å². The second kappa shape index (κ2) is 2.98. The Bertz CT molecular complexity index is 197. The Morgan fingerprint density at radius 2 is 2.00 bits per heavy atom. The average Bonchev–Trinajstić information content (AvgIpc) is 2.08. The SMILES string of the molecule is CNC[C@H]1C[C@@H]2C[C@H]([C@@H]1C)C2(C)C. The summed E-state index contributed by atoms with van der Waals surface area (Å²) in [6.07, 6.45) is 2.97. The van der Waals surface area contributed by atoms with Crippen molar-refractivity contribution in [2.75, 3.05) is 13.6 Å². The lowest BCUT2D eigenvalue weighted by atomic mass is 9.43. The third kappa shape index (κ3) is 1.24. The summed E-state index contributed by atoms with van der Waals surface area (Å²) in [6.45, 7) is 8.63. The molecule has 3 aliphatic rings. The van der Waals surface area contributed by atoms with Gasteiger partial charge in [0.1, 0.15) is 0 Å². The molecule has 2 bridgehead atoms. The van der Waals surface area contributed by atoms with E-state index in [2.05, 4.69) is 33.1 Å². The van der Waals surface area contributed by atoms with Crippen molar-refractivity contribution in [1.29, 1.82) is 0 Å². The molecule has 3 rings (SSSR count). The fourth-order valence-corrected chi connectivity index (χ4v) is 3.79. The first-order valence-electron chi connectivity index (χ1n) is 5.72. The fourth-order valence-electron chi connectivity index (χ4n) is 3.79. The smallest absolute Gasteiger partial charge is 0.00208 e. The zero-order chi connectivity index (χ0) is 9.64. The lowest BCUT2D eigenvalue weighted by molar-refractivity contribution is -0.127. The van der Waals surface area contributed by atoms with Gasteiger partial charge in [0.2, 0.25) is 0 Å². The van der Waals surface area contributed by atoms with E-state index in [0.29, 0.717) is 5.41 Å². The van der Waals surface area contributed by atoms with Crippen molar-refractivity contribution in [3.05, 3.63) is 0 Å². The van der Waals surface area contributed by atoms with E-state index in [1.807, 2.05) is 0 Å². The topological polar surface area (TPSA) is 12.0 Å². The van der Waals surface area contributed by atoms with E-state index in [-0.39, 0.29) is 0 Å². The number of nitrogens with one attached hydrogen (secondary N) is 1. The van der Waals surface area contributed by atoms with E-state index in [9.17, 15) is 0 Å². The highest BCUT2D eigenvalue weighted by atomic mass is 14.8. The number of hydrogen-bond donors (Lipinski definition) is 1. The summed E-state index contributed by atoms with van der Waals surface area (Å²) in [5.41, 5.74) is 0.656. The monoisotopic (exact) mass is 181 g/mol. The number of hydrogen-bond acceptors (Lipinski definition) is 1. The maximum Gasteiger partial charge on any atom is -0.00208 e. The molecule has 0 heterocycles. The third-order valence-corrected chi connectivity index (χ3v) is 4.98. The van der Waals surface area contributed by atoms with Gasteiger partial charge in [0.05, 0.1) is 0 Å². The van der Waals surface area contributed by atoms with Gasteiger partial charge in [0, 0.05) is 0 Å². The van der Waals surface area contributed by atoms with Crippen LogP contribution in [0.4, 0.5) is 0 Å². The molecule has 1 nitrogen and oxygen atoms in total. The van der Waals surface area contributed by atoms with E-state index >= 15 is 0 Å². The van der Waals surface area contributed by atoms with Crippen molar-refractivity contribution in [2.24, 2.45) is 29.1 Å². The van der Waals surface area contributed by atoms with E-state index in [1.165, 1.54) is 19.4 Å². The van der Waals surface area contributed by atoms with Crippen LogP contribution in [-0.4, -0.2) is 13.6 Å². The summed E-state index contributed by atoms with van der Waals surface area (Å²) < 4.78 is 0. The maximum absolute atomic E-state index is 3.34. The zero-order valence-corrected chi connectivity index (χ0v) is 9.43. The summed E-state index contributed by atoms with van der Waals surface area (Å²) in [6, 6.07) is 0. The molecule has 3 fully saturated rings. The van der Waals surface area contributed by atoms with Gasteiger partial charge in [-0.25, -0.2) is 0 Å². The van der Waals surface area contributed by atoms with Gasteiger partial charge in [-0.05, 0) is 55.5 Å². The normalized spacial score (nSPS) is 47.1. The van der Waals surface area contributed by atoms with Gasteiger partial charge in [-0.2, -0.15) is 0 Å². The predicted molar refractivity (Wildman–Crippen MR) is 56.6 cm³/mol. The Morgan fingerprint density at radius 1 is 1.31 bits per heavy atom. The molecular weight excluding hydrogens is 158 g/mol. The Hall–Kier alpha value is -0.0400. The van der Waals surface area contributed by atoms with Crippen molar-refractivity contribution >= 4 is 0 Å². The lowest BCUT2D eigenvalue weighted by Gasteiger charge is -2.62. The molecule has 0 spiro atoms. The van der Waals surface area contributed by atoms with Gasteiger partial charge in [0.25, 0.3) is 0 Å². The standard InChI is InChI=1S/C12H23N/c1-8-9(7-13-4)5-10-6-11(8)12(10,2)3/h8-11,13H,5-7H2,1-4H3/t8-,9-,10-,11-/m1/s1. The largest absolute Gasteiger partial charge is 0.319 e. The van der Waals surface area contributed by atoms with Gasteiger partial charge in [-0.15, -0.1) is 0 Å². The molecule has 0 aromatic heterocycles. The number of fused-ring (bicyclic) bond motifs is 2. The molecule has 76 valence electrons. The first-order chi connectivity index (χ1) is 6.07. The van der Waals surface area contributed by atoms with Crippen molar-refractivity contribution in [3.63, 3.8) is 0 Å². The Balaban J connectivity index is 2.03. The summed E-state index contributed by atoms with van der Waals surface area (Å²) in [5, 5.41) is 3.34. The first-order valence-corrected chi connectivity index (χ1v) is 5.72. The van der Waals surface area contributed by atoms with E-state index < -0.39 is 0 Å². The molecule has 0 unspecified atom stereocenters. The molecule has 1 N–H and O–H groups in total. The predicted octanol–water partition coefficient (Wildman–Crippen LogP) is 2.52. The van der Waals surface area contributed by atoms with Crippen molar-refractivity contribution < 1.29 is 0 Å². The molecule has 4 atom stereocenters. The molecule has 1 heteroatoms. The van der Waals surface area contributed by atoms with E-state index in [0.717, 1.165) is 23.7 Å². The molecule has 0 aromatic rings. The van der Waals surface area contributed by atoms with Crippen molar-refractivity contribution in [1.82, 2.24) is 5.32 Å². The van der Waals surface area contributed by atoms with Crippen LogP contribution >= 0.6 is 0 Å². The van der Waals surface area contributed by atoms with Crippen LogP contribution in [-0.2, 0) is 0 Å². The minimum atomic E-state index is 0.656. The lowest BCUT2D eigenvalue weighted by Crippen LogP contribution is -2.56. The summed E-state index contributed by atoms with van der Waals surface area (Å²) in [7, 11) is 2.08. The average molecular weight is 181 g/mol. The molecular formula is C12H23N. The van der Waals surface area contributed by atoms with Gasteiger partial charge >= 0.3 is 0 Å². The Kier molecular flexibility index (Phi) is 2.18. The molecule has 0 radical (unpaired) electrons. The summed E-state index contributed by atoms with van der Waals surface area (Å²) >= 11 is 0. The number of rotatable bonds is 2. The van der Waals surface area contributed by atoms with Crippen molar-refractivity contribution in [3.8, 4) is 0 Å². The van der Waals surface area contributed by atoms with Gasteiger partial charge in [-0.1, -0.05) is 20.8 Å². The second-order valence-corrected chi connectivity index (χ2v) is 5.77. The first kappa shape index (κ1) is 9.51. The van der Waals surface area contributed by atoms with Gasteiger partial charge < -0.3 is 5.32 Å². The molecule has 3 aliphatic carbocycles. The quantitative estimate of drug-likeness (QED) is 0.690. The second-order valence-electron chi connectivity index (χ2n) is 5.77. The zero-order valence-electron chi connectivity index (χ0n) is 9.43. The summed E-state index contributed by atoms with van der Waals surface area (Å²) in [4.78, 5) is 0. The van der Waals surface area contributed by atoms with E-state index in [4.69, 9.17) is 0 Å². The highest BCUT2D eigenvalue weighted by molar-refractivity contribution is 5.05. The van der Waals surface area contributed by atoms with Crippen LogP contribution in [0.1, 0.15) is 33.6 Å². The van der Waals surface area contributed by atoms with E-state index in [1.54, 1.807) is 0 Å². The minimum Gasteiger partial charge on any atom is -0.319 e. The Labute approximate surface area is 82.3 Å². The van der Waals surface area contributed by atoms with Crippen LogP contribution < -0.4 is 5.32 Å². The van der Waals surface area contributed by atoms with Gasteiger partial charge in [0.15, 0.2) is 0 Å². The summed E-state index contributed by atoms with van der Waals surface area (Å²) in [5.74, 6) is 3.91. The molecule has 0 aromatic carbocycles. The highest BCUT2D eigenvalue weighted by Crippen LogP contribution is 2.62. The van der Waals surface area contributed by atoms with Crippen LogP contribution in [0.3, 0.4) is 0 Å². The maximum atomic E-state index is 3.34. The molecule has 13 heavy (non-hydrogen) atoms.